The molecule has 0 radical (unpaired) electrons. The highest BCUT2D eigenvalue weighted by molar-refractivity contribution is 5.75. The van der Waals surface area contributed by atoms with Crippen LogP contribution in [0.1, 0.15) is 24.2 Å². The van der Waals surface area contributed by atoms with Crippen molar-refractivity contribution in [1.82, 2.24) is 29.5 Å². The molecule has 0 aliphatic heterocycles. The molecule has 0 fully saturated rings. The molecule has 5 rings (SSSR count). The molecule has 122 valence electrons. The van der Waals surface area contributed by atoms with Gasteiger partial charge in [-0.2, -0.15) is 0 Å². The van der Waals surface area contributed by atoms with Gasteiger partial charge in [0, 0.05) is 18.1 Å². The highest BCUT2D eigenvalue weighted by Crippen LogP contribution is 2.31. The molecule has 4 aromatic heterocycles. The zero-order chi connectivity index (χ0) is 16.6. The van der Waals surface area contributed by atoms with Crippen molar-refractivity contribution < 1.29 is 0 Å². The molecule has 4 aromatic rings. The molecule has 0 bridgehead atoms. The molecule has 25 heavy (non-hydrogen) atoms. The molecule has 0 spiro atoms. The Balaban J connectivity index is 1.89. The Morgan fingerprint density at radius 1 is 0.800 bits per heavy atom. The van der Waals surface area contributed by atoms with E-state index in [1.165, 1.54) is 18.5 Å². The van der Waals surface area contributed by atoms with Crippen LogP contribution in [0.25, 0.3) is 28.6 Å². The van der Waals surface area contributed by atoms with Crippen molar-refractivity contribution >= 4 is 5.78 Å². The van der Waals surface area contributed by atoms with Crippen LogP contribution in [0.3, 0.4) is 0 Å². The van der Waals surface area contributed by atoms with Crippen molar-refractivity contribution in [3.05, 3.63) is 60.2 Å². The molecular formula is C19H16N6. The minimum atomic E-state index is 0.646. The first-order chi connectivity index (χ1) is 12.4. The van der Waals surface area contributed by atoms with Gasteiger partial charge in [-0.05, 0) is 49.9 Å². The normalized spacial score (nSPS) is 13.8. The first kappa shape index (κ1) is 14.2. The fourth-order valence-corrected chi connectivity index (χ4v) is 3.49. The second kappa shape index (κ2) is 5.73. The van der Waals surface area contributed by atoms with Crippen LogP contribution in [0.5, 0.6) is 0 Å². The van der Waals surface area contributed by atoms with E-state index in [-0.39, 0.29) is 0 Å². The van der Waals surface area contributed by atoms with Gasteiger partial charge < -0.3 is 0 Å². The van der Waals surface area contributed by atoms with Gasteiger partial charge in [-0.25, -0.2) is 4.98 Å². The minimum absolute atomic E-state index is 0.646. The Labute approximate surface area is 144 Å². The quantitative estimate of drug-likeness (QED) is 0.565. The van der Waals surface area contributed by atoms with Gasteiger partial charge in [-0.15, -0.1) is 10.2 Å². The van der Waals surface area contributed by atoms with Gasteiger partial charge >= 0.3 is 0 Å². The monoisotopic (exact) mass is 328 g/mol. The van der Waals surface area contributed by atoms with Crippen molar-refractivity contribution in [2.45, 2.75) is 25.7 Å². The van der Waals surface area contributed by atoms with Crippen LogP contribution < -0.4 is 0 Å². The van der Waals surface area contributed by atoms with E-state index in [4.69, 9.17) is 4.98 Å². The van der Waals surface area contributed by atoms with Crippen LogP contribution in [0.15, 0.2) is 48.8 Å². The first-order valence-electron chi connectivity index (χ1n) is 8.51. The van der Waals surface area contributed by atoms with Gasteiger partial charge in [0.2, 0.25) is 0 Å². The molecule has 1 aliphatic rings. The fraction of sp³-hybridized carbons (Fsp3) is 0.211. The Kier molecular flexibility index (Phi) is 3.26. The summed E-state index contributed by atoms with van der Waals surface area (Å²) < 4.78 is 2.13. The van der Waals surface area contributed by atoms with Crippen molar-refractivity contribution in [2.75, 3.05) is 0 Å². The Hall–Kier alpha value is -3.15. The van der Waals surface area contributed by atoms with Gasteiger partial charge in [0.15, 0.2) is 0 Å². The van der Waals surface area contributed by atoms with Crippen LogP contribution in [0, 0.1) is 0 Å². The largest absolute Gasteiger partial charge is 0.275 e. The van der Waals surface area contributed by atoms with E-state index >= 15 is 0 Å². The van der Waals surface area contributed by atoms with E-state index < -0.39 is 0 Å². The lowest BCUT2D eigenvalue weighted by Crippen LogP contribution is -2.08. The third-order valence-corrected chi connectivity index (χ3v) is 4.62. The van der Waals surface area contributed by atoms with Crippen LogP contribution >= 0.6 is 0 Å². The van der Waals surface area contributed by atoms with Gasteiger partial charge in [-0.1, -0.05) is 12.1 Å². The number of aryl methyl sites for hydroxylation is 2. The van der Waals surface area contributed by atoms with Crippen molar-refractivity contribution in [2.24, 2.45) is 0 Å². The van der Waals surface area contributed by atoms with Gasteiger partial charge in [0.05, 0.1) is 17.1 Å². The Bertz CT molecular complexity index is 1040. The number of fused-ring (bicyclic) bond motifs is 3. The molecule has 0 amide bonds. The Morgan fingerprint density at radius 2 is 1.56 bits per heavy atom. The average molecular weight is 328 g/mol. The fourth-order valence-electron chi connectivity index (χ4n) is 3.49. The average Bonchev–Trinajstić information content (AvgIpc) is 3.07. The molecule has 0 aromatic carbocycles. The number of nitrogens with zero attached hydrogens (tertiary/aromatic N) is 6. The lowest BCUT2D eigenvalue weighted by molar-refractivity contribution is 0.660. The molecule has 0 N–H and O–H groups in total. The van der Waals surface area contributed by atoms with Crippen molar-refractivity contribution in [3.8, 4) is 22.8 Å². The summed E-state index contributed by atoms with van der Waals surface area (Å²) in [5, 5.41) is 8.84. The number of rotatable bonds is 2. The van der Waals surface area contributed by atoms with E-state index in [0.29, 0.717) is 5.78 Å². The number of hydrogen-bond acceptors (Lipinski definition) is 5. The van der Waals surface area contributed by atoms with Crippen LogP contribution in [-0.2, 0) is 12.8 Å². The third kappa shape index (κ3) is 2.29. The summed E-state index contributed by atoms with van der Waals surface area (Å²) in [6.07, 6.45) is 7.92. The zero-order valence-electron chi connectivity index (χ0n) is 13.6. The summed E-state index contributed by atoms with van der Waals surface area (Å²) in [5.74, 6) is 0.646. The van der Waals surface area contributed by atoms with Gasteiger partial charge in [0.25, 0.3) is 5.78 Å². The first-order valence-corrected chi connectivity index (χ1v) is 8.51. The molecule has 0 unspecified atom stereocenters. The topological polar surface area (TPSA) is 68.9 Å². The predicted octanol–water partition coefficient (Wildman–Crippen LogP) is 3.13. The number of pyridine rings is 2. The second-order valence-corrected chi connectivity index (χ2v) is 6.17. The summed E-state index contributed by atoms with van der Waals surface area (Å²) in [4.78, 5) is 13.8. The molecule has 0 atom stereocenters. The highest BCUT2D eigenvalue weighted by atomic mass is 15.2. The summed E-state index contributed by atoms with van der Waals surface area (Å²) in [6, 6.07) is 11.7. The highest BCUT2D eigenvalue weighted by Gasteiger charge is 2.23. The molecule has 6 nitrogen and oxygen atoms in total. The summed E-state index contributed by atoms with van der Waals surface area (Å²) >= 11 is 0. The lowest BCUT2D eigenvalue weighted by Gasteiger charge is -2.14. The summed E-state index contributed by atoms with van der Waals surface area (Å²) in [7, 11) is 0. The lowest BCUT2D eigenvalue weighted by atomic mass is 10.0. The van der Waals surface area contributed by atoms with E-state index in [1.54, 1.807) is 12.4 Å². The second-order valence-electron chi connectivity index (χ2n) is 6.17. The van der Waals surface area contributed by atoms with Gasteiger partial charge in [-0.3, -0.25) is 14.4 Å². The van der Waals surface area contributed by atoms with Gasteiger partial charge in [0.1, 0.15) is 11.4 Å². The van der Waals surface area contributed by atoms with Crippen molar-refractivity contribution in [1.29, 1.82) is 0 Å². The van der Waals surface area contributed by atoms with Crippen LogP contribution in [0.4, 0.5) is 0 Å². The smallest absolute Gasteiger partial charge is 0.254 e. The minimum Gasteiger partial charge on any atom is -0.275 e. The number of aromatic nitrogens is 6. The Morgan fingerprint density at radius 3 is 2.32 bits per heavy atom. The van der Waals surface area contributed by atoms with E-state index in [9.17, 15) is 0 Å². The zero-order valence-corrected chi connectivity index (χ0v) is 13.6. The maximum atomic E-state index is 4.72. The van der Waals surface area contributed by atoms with E-state index in [1.807, 2.05) is 36.4 Å². The van der Waals surface area contributed by atoms with Crippen molar-refractivity contribution in [3.63, 3.8) is 0 Å². The molecule has 1 aliphatic carbocycles. The molecule has 4 heterocycles. The van der Waals surface area contributed by atoms with Crippen LogP contribution in [-0.4, -0.2) is 29.5 Å². The standard InChI is InChI=1S/C19H16N6/c1-2-10-16-13(7-1)22-19-24-23-17(14-8-3-5-11-20-14)18(25(16)19)15-9-4-6-12-21-15/h3-6,8-9,11-12H,1-2,7,10H2. The number of hydrogen-bond donors (Lipinski definition) is 0. The third-order valence-electron chi connectivity index (χ3n) is 4.62. The maximum absolute atomic E-state index is 4.72. The van der Waals surface area contributed by atoms with E-state index in [0.717, 1.165) is 41.3 Å². The van der Waals surface area contributed by atoms with E-state index in [2.05, 4.69) is 24.6 Å². The molecule has 0 saturated carbocycles. The SMILES string of the molecule is c1ccc(-c2nnc3nc4c(n3c2-c2ccccn2)CCCC4)nc1. The molecular weight excluding hydrogens is 312 g/mol. The van der Waals surface area contributed by atoms with Crippen LogP contribution in [0.2, 0.25) is 0 Å². The summed E-state index contributed by atoms with van der Waals surface area (Å²) in [6.45, 7) is 0. The predicted molar refractivity (Wildman–Crippen MR) is 93.9 cm³/mol. The maximum Gasteiger partial charge on any atom is 0.254 e. The molecule has 0 saturated heterocycles. The molecule has 6 heteroatoms. The number of imidazole rings is 1. The summed E-state index contributed by atoms with van der Waals surface area (Å²) in [5.41, 5.74) is 5.66.